The maximum atomic E-state index is 15.2. The molecule has 38 heavy (non-hydrogen) atoms. The number of benzene rings is 3. The molecule has 3 aromatic rings. The number of aryl methyl sites for hydroxylation is 1. The van der Waals surface area contributed by atoms with E-state index in [0.29, 0.717) is 23.1 Å². The highest BCUT2D eigenvalue weighted by Gasteiger charge is 2.21. The first-order valence-corrected chi connectivity index (χ1v) is 13.6. The van der Waals surface area contributed by atoms with Crippen LogP contribution in [0.15, 0.2) is 48.5 Å². The summed E-state index contributed by atoms with van der Waals surface area (Å²) in [4.78, 5) is 11.9. The molecule has 204 valence electrons. The van der Waals surface area contributed by atoms with Crippen molar-refractivity contribution in [2.45, 2.75) is 78.1 Å². The molecule has 0 radical (unpaired) electrons. The summed E-state index contributed by atoms with van der Waals surface area (Å²) in [6.45, 7) is 4.51. The van der Waals surface area contributed by atoms with Gasteiger partial charge in [0.2, 0.25) is 5.82 Å². The molecule has 3 aromatic carbocycles. The van der Waals surface area contributed by atoms with Gasteiger partial charge in [0.15, 0.2) is 11.6 Å². The lowest BCUT2D eigenvalue weighted by Crippen LogP contribution is -2.04. The second-order valence-electron chi connectivity index (χ2n) is 9.68. The highest BCUT2D eigenvalue weighted by Crippen LogP contribution is 2.35. The van der Waals surface area contributed by atoms with E-state index in [0.717, 1.165) is 57.8 Å². The fourth-order valence-electron chi connectivity index (χ4n) is 4.54. The number of ether oxygens (including phenoxy) is 1. The van der Waals surface area contributed by atoms with Crippen LogP contribution in [0.5, 0.6) is 5.75 Å². The molecule has 3 nitrogen and oxygen atoms in total. The monoisotopic (exact) mass is 526 g/mol. The fourth-order valence-corrected chi connectivity index (χ4v) is 4.54. The van der Waals surface area contributed by atoms with Crippen molar-refractivity contribution in [2.75, 3.05) is 6.61 Å². The molecule has 0 aliphatic heterocycles. The number of carboxylic acid groups (broad SMARTS) is 1. The van der Waals surface area contributed by atoms with Gasteiger partial charge in [-0.2, -0.15) is 4.39 Å². The van der Waals surface area contributed by atoms with Gasteiger partial charge >= 0.3 is 5.97 Å². The number of rotatable bonds is 15. The summed E-state index contributed by atoms with van der Waals surface area (Å²) in [5, 5.41) is 9.71. The molecular formula is C32H37F3O3. The zero-order valence-electron chi connectivity index (χ0n) is 22.3. The van der Waals surface area contributed by atoms with E-state index in [1.807, 2.05) is 0 Å². The van der Waals surface area contributed by atoms with Gasteiger partial charge in [-0.15, -0.1) is 0 Å². The van der Waals surface area contributed by atoms with Gasteiger partial charge in [0.1, 0.15) is 5.82 Å². The van der Waals surface area contributed by atoms with E-state index in [2.05, 4.69) is 13.8 Å². The van der Waals surface area contributed by atoms with Crippen molar-refractivity contribution in [2.24, 2.45) is 0 Å². The predicted octanol–water partition coefficient (Wildman–Crippen LogP) is 9.61. The molecule has 0 heterocycles. The van der Waals surface area contributed by atoms with Crippen LogP contribution in [0.25, 0.3) is 22.3 Å². The molecule has 0 unspecified atom stereocenters. The molecule has 0 saturated carbocycles. The topological polar surface area (TPSA) is 46.5 Å². The Bertz CT molecular complexity index is 1220. The molecule has 0 atom stereocenters. The molecule has 0 saturated heterocycles. The molecular weight excluding hydrogens is 489 g/mol. The van der Waals surface area contributed by atoms with Gasteiger partial charge in [0.05, 0.1) is 12.2 Å². The van der Waals surface area contributed by atoms with Crippen molar-refractivity contribution in [3.8, 4) is 28.0 Å². The highest BCUT2D eigenvalue weighted by atomic mass is 19.2. The van der Waals surface area contributed by atoms with Crippen LogP contribution in [0, 0.1) is 17.5 Å². The standard InChI is InChI=1S/C32H37F3O3/c1-3-5-7-9-11-19-38-29-18-17-25(30(34)31(29)35)27-20-23(15-16-26(27)32(36)37)24-14-13-22(28(33)21-24)12-10-8-6-4-2/h13-18,20-21H,3-12,19H2,1-2H3,(H,36,37). The first-order valence-electron chi connectivity index (χ1n) is 13.6. The highest BCUT2D eigenvalue weighted by molar-refractivity contribution is 5.97. The SMILES string of the molecule is CCCCCCCOc1ccc(-c2cc(-c3ccc(CCCCCC)c(F)c3)ccc2C(=O)O)c(F)c1F. The Hall–Kier alpha value is -3.28. The Kier molecular flexibility index (Phi) is 11.3. The maximum Gasteiger partial charge on any atom is 0.336 e. The van der Waals surface area contributed by atoms with Crippen LogP contribution in [0.4, 0.5) is 13.2 Å². The molecule has 0 aliphatic rings. The van der Waals surface area contributed by atoms with Crippen LogP contribution in [0.1, 0.15) is 87.6 Å². The number of carboxylic acids is 1. The number of halogens is 3. The van der Waals surface area contributed by atoms with Gasteiger partial charge < -0.3 is 9.84 Å². The quantitative estimate of drug-likeness (QED) is 0.201. The molecule has 0 fully saturated rings. The third-order valence-corrected chi connectivity index (χ3v) is 6.78. The van der Waals surface area contributed by atoms with Gasteiger partial charge in [-0.05, 0) is 71.8 Å². The van der Waals surface area contributed by atoms with Crippen LogP contribution in [-0.2, 0) is 6.42 Å². The fraction of sp³-hybridized carbons (Fsp3) is 0.406. The van der Waals surface area contributed by atoms with Gasteiger partial charge in [-0.3, -0.25) is 0 Å². The average Bonchev–Trinajstić information content (AvgIpc) is 2.91. The summed E-state index contributed by atoms with van der Waals surface area (Å²) < 4.78 is 50.3. The third-order valence-electron chi connectivity index (χ3n) is 6.78. The second-order valence-corrected chi connectivity index (χ2v) is 9.68. The largest absolute Gasteiger partial charge is 0.490 e. The minimum absolute atomic E-state index is 0.0153. The summed E-state index contributed by atoms with van der Waals surface area (Å²) in [6.07, 6.45) is 9.81. The van der Waals surface area contributed by atoms with Crippen LogP contribution in [-0.4, -0.2) is 17.7 Å². The van der Waals surface area contributed by atoms with E-state index in [1.165, 1.54) is 30.3 Å². The molecule has 0 spiro atoms. The summed E-state index contributed by atoms with van der Waals surface area (Å²) in [5.41, 5.74) is 1.31. The van der Waals surface area contributed by atoms with Crippen molar-refractivity contribution in [3.05, 3.63) is 77.1 Å². The molecule has 3 rings (SSSR count). The Morgan fingerprint density at radius 3 is 2.08 bits per heavy atom. The summed E-state index contributed by atoms with van der Waals surface area (Å²) in [5.74, 6) is -4.15. The van der Waals surface area contributed by atoms with E-state index in [4.69, 9.17) is 4.74 Å². The van der Waals surface area contributed by atoms with Crippen molar-refractivity contribution >= 4 is 5.97 Å². The lowest BCUT2D eigenvalue weighted by Gasteiger charge is -2.14. The zero-order valence-corrected chi connectivity index (χ0v) is 22.3. The van der Waals surface area contributed by atoms with E-state index in [9.17, 15) is 18.7 Å². The lowest BCUT2D eigenvalue weighted by atomic mass is 9.93. The van der Waals surface area contributed by atoms with Crippen molar-refractivity contribution < 1.29 is 27.8 Å². The summed E-state index contributed by atoms with van der Waals surface area (Å²) in [6, 6.07) is 11.9. The van der Waals surface area contributed by atoms with Crippen LogP contribution in [0.2, 0.25) is 0 Å². The van der Waals surface area contributed by atoms with E-state index >= 15 is 4.39 Å². The number of hydrogen-bond donors (Lipinski definition) is 1. The second kappa shape index (κ2) is 14.6. The average molecular weight is 527 g/mol. The predicted molar refractivity (Wildman–Crippen MR) is 146 cm³/mol. The molecule has 0 amide bonds. The van der Waals surface area contributed by atoms with Gasteiger partial charge in [0, 0.05) is 5.56 Å². The zero-order chi connectivity index (χ0) is 27.5. The van der Waals surface area contributed by atoms with Gasteiger partial charge in [0.25, 0.3) is 0 Å². The molecule has 1 N–H and O–H groups in total. The summed E-state index contributed by atoms with van der Waals surface area (Å²) in [7, 11) is 0. The minimum atomic E-state index is -1.27. The Morgan fingerprint density at radius 1 is 0.737 bits per heavy atom. The smallest absolute Gasteiger partial charge is 0.336 e. The van der Waals surface area contributed by atoms with Crippen molar-refractivity contribution in [1.29, 1.82) is 0 Å². The molecule has 6 heteroatoms. The molecule has 0 aliphatic carbocycles. The van der Waals surface area contributed by atoms with Crippen molar-refractivity contribution in [3.63, 3.8) is 0 Å². The maximum absolute atomic E-state index is 15.2. The number of carbonyl (C=O) groups is 1. The minimum Gasteiger partial charge on any atom is -0.490 e. The first-order chi connectivity index (χ1) is 18.4. The lowest BCUT2D eigenvalue weighted by molar-refractivity contribution is 0.0697. The number of hydrogen-bond acceptors (Lipinski definition) is 2. The van der Waals surface area contributed by atoms with Crippen LogP contribution < -0.4 is 4.74 Å². The van der Waals surface area contributed by atoms with Gasteiger partial charge in [-0.1, -0.05) is 77.0 Å². The van der Waals surface area contributed by atoms with E-state index in [-0.39, 0.29) is 34.9 Å². The Morgan fingerprint density at radius 2 is 1.39 bits per heavy atom. The molecule has 0 aromatic heterocycles. The number of unbranched alkanes of at least 4 members (excludes halogenated alkanes) is 7. The normalized spacial score (nSPS) is 11.1. The first kappa shape index (κ1) is 29.3. The Labute approximate surface area is 223 Å². The van der Waals surface area contributed by atoms with E-state index in [1.54, 1.807) is 18.2 Å². The Balaban J connectivity index is 1.86. The third kappa shape index (κ3) is 7.62. The van der Waals surface area contributed by atoms with Gasteiger partial charge in [-0.25, -0.2) is 13.6 Å². The molecule has 0 bridgehead atoms. The summed E-state index contributed by atoms with van der Waals surface area (Å²) >= 11 is 0. The number of aromatic carboxylic acids is 1. The van der Waals surface area contributed by atoms with E-state index < -0.39 is 17.6 Å². The van der Waals surface area contributed by atoms with Crippen molar-refractivity contribution in [1.82, 2.24) is 0 Å². The van der Waals surface area contributed by atoms with Crippen LogP contribution in [0.3, 0.4) is 0 Å². The van der Waals surface area contributed by atoms with Crippen LogP contribution >= 0.6 is 0 Å².